The first kappa shape index (κ1) is 14.9. The summed E-state index contributed by atoms with van der Waals surface area (Å²) in [4.78, 5) is 25.8. The normalized spacial score (nSPS) is 18.8. The van der Waals surface area contributed by atoms with Gasteiger partial charge in [-0.05, 0) is 43.5 Å². The molecule has 1 amide bonds. The van der Waals surface area contributed by atoms with Crippen LogP contribution in [0.5, 0.6) is 0 Å². The van der Waals surface area contributed by atoms with Gasteiger partial charge < -0.3 is 9.64 Å². The van der Waals surface area contributed by atoms with Gasteiger partial charge in [-0.15, -0.1) is 0 Å². The molecule has 1 heterocycles. The first-order chi connectivity index (χ1) is 9.52. The lowest BCUT2D eigenvalue weighted by Crippen LogP contribution is -2.42. The average molecular weight is 296 g/mol. The molecular formula is C15H18ClNO3. The van der Waals surface area contributed by atoms with Crippen LogP contribution in [0, 0.1) is 12.8 Å². The van der Waals surface area contributed by atoms with Gasteiger partial charge in [0.15, 0.2) is 0 Å². The Morgan fingerprint density at radius 2 is 2.15 bits per heavy atom. The standard InChI is InChI=1S/C15H18ClNO3/c1-10-8-11(5-6-13(10)16)14(18)17-7-3-4-12(9-17)15(19)20-2/h5-6,8,12H,3-4,7,9H2,1-2H3/t12-/m0/s1. The summed E-state index contributed by atoms with van der Waals surface area (Å²) in [6.45, 7) is 2.97. The number of esters is 1. The van der Waals surface area contributed by atoms with Crippen LogP contribution in [0.3, 0.4) is 0 Å². The van der Waals surface area contributed by atoms with Crippen LogP contribution in [0.1, 0.15) is 28.8 Å². The highest BCUT2D eigenvalue weighted by atomic mass is 35.5. The number of piperidine rings is 1. The number of likely N-dealkylation sites (tertiary alicyclic amines) is 1. The molecule has 0 bridgehead atoms. The Hall–Kier alpha value is -1.55. The zero-order valence-electron chi connectivity index (χ0n) is 11.7. The second kappa shape index (κ2) is 6.27. The van der Waals surface area contributed by atoms with E-state index in [0.717, 1.165) is 18.4 Å². The van der Waals surface area contributed by atoms with E-state index >= 15 is 0 Å². The third-order valence-corrected chi connectivity index (χ3v) is 4.07. The van der Waals surface area contributed by atoms with Gasteiger partial charge in [-0.3, -0.25) is 9.59 Å². The topological polar surface area (TPSA) is 46.6 Å². The minimum atomic E-state index is -0.241. The van der Waals surface area contributed by atoms with E-state index in [1.165, 1.54) is 7.11 Å². The zero-order valence-corrected chi connectivity index (χ0v) is 12.4. The fraction of sp³-hybridized carbons (Fsp3) is 0.467. The van der Waals surface area contributed by atoms with Crippen molar-refractivity contribution in [2.45, 2.75) is 19.8 Å². The van der Waals surface area contributed by atoms with E-state index in [0.29, 0.717) is 23.7 Å². The third-order valence-electron chi connectivity index (χ3n) is 3.65. The Morgan fingerprint density at radius 1 is 1.40 bits per heavy atom. The first-order valence-corrected chi connectivity index (χ1v) is 7.04. The second-order valence-corrected chi connectivity index (χ2v) is 5.48. The van der Waals surface area contributed by atoms with Crippen LogP contribution in [0.15, 0.2) is 18.2 Å². The molecule has 2 rings (SSSR count). The Morgan fingerprint density at radius 3 is 2.80 bits per heavy atom. The maximum atomic E-state index is 12.5. The minimum absolute atomic E-state index is 0.0571. The number of carbonyl (C=O) groups excluding carboxylic acids is 2. The average Bonchev–Trinajstić information content (AvgIpc) is 2.48. The Bertz CT molecular complexity index is 530. The number of methoxy groups -OCH3 is 1. The molecule has 0 saturated carbocycles. The molecule has 4 nitrogen and oxygen atoms in total. The van der Waals surface area contributed by atoms with Crippen molar-refractivity contribution < 1.29 is 14.3 Å². The highest BCUT2D eigenvalue weighted by molar-refractivity contribution is 6.31. The van der Waals surface area contributed by atoms with Gasteiger partial charge in [0.25, 0.3) is 5.91 Å². The summed E-state index contributed by atoms with van der Waals surface area (Å²) in [5.41, 5.74) is 1.48. The molecule has 1 aliphatic heterocycles. The van der Waals surface area contributed by atoms with E-state index in [1.54, 1.807) is 23.1 Å². The van der Waals surface area contributed by atoms with Crippen molar-refractivity contribution >= 4 is 23.5 Å². The van der Waals surface area contributed by atoms with Gasteiger partial charge in [-0.1, -0.05) is 11.6 Å². The van der Waals surface area contributed by atoms with E-state index in [-0.39, 0.29) is 17.8 Å². The van der Waals surface area contributed by atoms with Crippen LogP contribution in [-0.2, 0) is 9.53 Å². The van der Waals surface area contributed by atoms with Crippen molar-refractivity contribution in [3.8, 4) is 0 Å². The van der Waals surface area contributed by atoms with Gasteiger partial charge in [0, 0.05) is 23.7 Å². The summed E-state index contributed by atoms with van der Waals surface area (Å²) in [6, 6.07) is 5.23. The van der Waals surface area contributed by atoms with Crippen molar-refractivity contribution in [2.24, 2.45) is 5.92 Å². The number of amides is 1. The molecule has 1 aromatic rings. The number of aryl methyl sites for hydroxylation is 1. The van der Waals surface area contributed by atoms with Gasteiger partial charge in [-0.25, -0.2) is 0 Å². The van der Waals surface area contributed by atoms with Gasteiger partial charge >= 0.3 is 5.97 Å². The number of halogens is 1. The Balaban J connectivity index is 2.12. The molecule has 5 heteroatoms. The monoisotopic (exact) mass is 295 g/mol. The number of ether oxygens (including phenoxy) is 1. The van der Waals surface area contributed by atoms with Crippen LogP contribution in [0.25, 0.3) is 0 Å². The molecule has 0 radical (unpaired) electrons. The SMILES string of the molecule is COC(=O)[C@H]1CCCN(C(=O)c2ccc(Cl)c(C)c2)C1. The van der Waals surface area contributed by atoms with Crippen molar-refractivity contribution in [1.29, 1.82) is 0 Å². The number of nitrogens with zero attached hydrogens (tertiary/aromatic N) is 1. The van der Waals surface area contributed by atoms with Crippen LogP contribution >= 0.6 is 11.6 Å². The summed E-state index contributed by atoms with van der Waals surface area (Å²) < 4.78 is 4.76. The largest absolute Gasteiger partial charge is 0.469 e. The summed E-state index contributed by atoms with van der Waals surface area (Å²) in [7, 11) is 1.38. The lowest BCUT2D eigenvalue weighted by atomic mass is 9.97. The lowest BCUT2D eigenvalue weighted by Gasteiger charge is -2.31. The Labute approximate surface area is 123 Å². The fourth-order valence-corrected chi connectivity index (χ4v) is 2.60. The Kier molecular flexibility index (Phi) is 4.65. The predicted molar refractivity (Wildman–Crippen MR) is 76.8 cm³/mol. The molecule has 0 aromatic heterocycles. The van der Waals surface area contributed by atoms with Gasteiger partial charge in [0.2, 0.25) is 0 Å². The molecule has 1 fully saturated rings. The van der Waals surface area contributed by atoms with Crippen molar-refractivity contribution in [2.75, 3.05) is 20.2 Å². The highest BCUT2D eigenvalue weighted by Crippen LogP contribution is 2.22. The molecule has 1 aliphatic rings. The smallest absolute Gasteiger partial charge is 0.310 e. The van der Waals surface area contributed by atoms with Gasteiger partial charge in [-0.2, -0.15) is 0 Å². The van der Waals surface area contributed by atoms with Crippen LogP contribution < -0.4 is 0 Å². The second-order valence-electron chi connectivity index (χ2n) is 5.08. The van der Waals surface area contributed by atoms with Crippen molar-refractivity contribution in [1.82, 2.24) is 4.90 Å². The third kappa shape index (κ3) is 3.12. The number of rotatable bonds is 2. The molecule has 1 saturated heterocycles. The lowest BCUT2D eigenvalue weighted by molar-refractivity contribution is -0.146. The van der Waals surface area contributed by atoms with E-state index < -0.39 is 0 Å². The van der Waals surface area contributed by atoms with E-state index in [1.807, 2.05) is 6.92 Å². The molecule has 108 valence electrons. The summed E-state index contributed by atoms with van der Waals surface area (Å²) in [5.74, 6) is -0.515. The van der Waals surface area contributed by atoms with Gasteiger partial charge in [0.05, 0.1) is 13.0 Å². The van der Waals surface area contributed by atoms with E-state index in [4.69, 9.17) is 16.3 Å². The molecule has 0 spiro atoms. The number of hydrogen-bond acceptors (Lipinski definition) is 3. The maximum Gasteiger partial charge on any atom is 0.310 e. The quantitative estimate of drug-likeness (QED) is 0.788. The molecule has 1 aromatic carbocycles. The summed E-state index contributed by atoms with van der Waals surface area (Å²) in [6.07, 6.45) is 1.59. The van der Waals surface area contributed by atoms with E-state index in [9.17, 15) is 9.59 Å². The van der Waals surface area contributed by atoms with Crippen molar-refractivity contribution in [3.05, 3.63) is 34.3 Å². The number of carbonyl (C=O) groups is 2. The highest BCUT2D eigenvalue weighted by Gasteiger charge is 2.29. The van der Waals surface area contributed by atoms with Gasteiger partial charge in [0.1, 0.15) is 0 Å². The molecule has 0 N–H and O–H groups in total. The van der Waals surface area contributed by atoms with Crippen molar-refractivity contribution in [3.63, 3.8) is 0 Å². The van der Waals surface area contributed by atoms with Crippen LogP contribution in [-0.4, -0.2) is 37.0 Å². The molecule has 20 heavy (non-hydrogen) atoms. The summed E-state index contributed by atoms with van der Waals surface area (Å²) >= 11 is 5.97. The minimum Gasteiger partial charge on any atom is -0.469 e. The van der Waals surface area contributed by atoms with E-state index in [2.05, 4.69) is 0 Å². The van der Waals surface area contributed by atoms with Crippen LogP contribution in [0.2, 0.25) is 5.02 Å². The maximum absolute atomic E-state index is 12.5. The number of benzene rings is 1. The molecule has 1 atom stereocenters. The predicted octanol–water partition coefficient (Wildman–Crippen LogP) is 2.67. The first-order valence-electron chi connectivity index (χ1n) is 6.66. The number of hydrogen-bond donors (Lipinski definition) is 0. The molecular weight excluding hydrogens is 278 g/mol. The summed E-state index contributed by atoms with van der Waals surface area (Å²) in [5, 5.41) is 0.646. The molecule has 0 aliphatic carbocycles. The fourth-order valence-electron chi connectivity index (χ4n) is 2.48. The molecule has 0 unspecified atom stereocenters. The van der Waals surface area contributed by atoms with Crippen LogP contribution in [0.4, 0.5) is 0 Å². The zero-order chi connectivity index (χ0) is 14.7.